The minimum absolute atomic E-state index is 0.381. The van der Waals surface area contributed by atoms with Crippen LogP contribution in [0.4, 0.5) is 23.1 Å². The molecule has 0 bridgehead atoms. The van der Waals surface area contributed by atoms with Crippen molar-refractivity contribution < 1.29 is 9.53 Å². The summed E-state index contributed by atoms with van der Waals surface area (Å²) in [4.78, 5) is 20.5. The Hall–Kier alpha value is -3.41. The average molecular weight is 362 g/mol. The lowest BCUT2D eigenvalue weighted by Gasteiger charge is -2.13. The second-order valence-corrected chi connectivity index (χ2v) is 6.36. The highest BCUT2D eigenvalue weighted by molar-refractivity contribution is 5.90. The number of esters is 1. The summed E-state index contributed by atoms with van der Waals surface area (Å²) in [5, 5.41) is 6.49. The first-order valence-corrected chi connectivity index (χ1v) is 8.59. The van der Waals surface area contributed by atoms with Gasteiger partial charge in [0.2, 0.25) is 5.95 Å². The van der Waals surface area contributed by atoms with Gasteiger partial charge in [-0.15, -0.1) is 0 Å². The Kier molecular flexibility index (Phi) is 5.35. The Morgan fingerprint density at radius 2 is 1.74 bits per heavy atom. The van der Waals surface area contributed by atoms with E-state index in [-0.39, 0.29) is 5.97 Å². The maximum Gasteiger partial charge on any atom is 0.337 e. The molecule has 0 radical (unpaired) electrons. The molecule has 0 aliphatic carbocycles. The van der Waals surface area contributed by atoms with Crippen LogP contribution < -0.4 is 10.6 Å². The number of hydrogen-bond acceptors (Lipinski definition) is 6. The molecular weight excluding hydrogens is 340 g/mol. The molecule has 2 N–H and O–H groups in total. The molecule has 0 spiro atoms. The Labute approximate surface area is 158 Å². The highest BCUT2D eigenvalue weighted by Gasteiger charge is 2.08. The zero-order chi connectivity index (χ0) is 19.4. The van der Waals surface area contributed by atoms with E-state index in [0.29, 0.717) is 17.3 Å². The van der Waals surface area contributed by atoms with Crippen LogP contribution in [0, 0.1) is 20.8 Å². The van der Waals surface area contributed by atoms with E-state index >= 15 is 0 Å². The summed E-state index contributed by atoms with van der Waals surface area (Å²) in [6.45, 7) is 6.19. The molecule has 0 amide bonds. The summed E-state index contributed by atoms with van der Waals surface area (Å²) < 4.78 is 4.76. The molecule has 3 rings (SSSR count). The van der Waals surface area contributed by atoms with Gasteiger partial charge in [0, 0.05) is 17.6 Å². The lowest BCUT2D eigenvalue weighted by Crippen LogP contribution is -2.04. The van der Waals surface area contributed by atoms with E-state index in [1.165, 1.54) is 12.7 Å². The molecule has 0 unspecified atom stereocenters. The minimum atomic E-state index is -0.381. The number of carbonyl (C=O) groups excluding carboxylic acids is 1. The SMILES string of the molecule is COC(=O)c1cccc(Nc2ccnc(Nc3c(C)cc(C)cc3C)n2)c1. The van der Waals surface area contributed by atoms with Gasteiger partial charge in [-0.05, 0) is 56.2 Å². The van der Waals surface area contributed by atoms with Crippen LogP contribution in [0.5, 0.6) is 0 Å². The van der Waals surface area contributed by atoms with Crippen molar-refractivity contribution in [2.75, 3.05) is 17.7 Å². The Morgan fingerprint density at radius 3 is 2.44 bits per heavy atom. The molecule has 6 heteroatoms. The highest BCUT2D eigenvalue weighted by atomic mass is 16.5. The van der Waals surface area contributed by atoms with Crippen LogP contribution in [0.3, 0.4) is 0 Å². The number of rotatable bonds is 5. The maximum absolute atomic E-state index is 11.7. The monoisotopic (exact) mass is 362 g/mol. The van der Waals surface area contributed by atoms with E-state index in [2.05, 4.69) is 53.5 Å². The second-order valence-electron chi connectivity index (χ2n) is 6.36. The van der Waals surface area contributed by atoms with Crippen LogP contribution >= 0.6 is 0 Å². The Balaban J connectivity index is 1.82. The number of benzene rings is 2. The first kappa shape index (κ1) is 18.4. The average Bonchev–Trinajstić information content (AvgIpc) is 2.64. The smallest absolute Gasteiger partial charge is 0.337 e. The third kappa shape index (κ3) is 4.41. The molecular formula is C21H22N4O2. The minimum Gasteiger partial charge on any atom is -0.465 e. The Morgan fingerprint density at radius 1 is 1.00 bits per heavy atom. The fourth-order valence-electron chi connectivity index (χ4n) is 2.97. The van der Waals surface area contributed by atoms with Gasteiger partial charge in [-0.25, -0.2) is 9.78 Å². The van der Waals surface area contributed by atoms with Gasteiger partial charge in [0.15, 0.2) is 0 Å². The summed E-state index contributed by atoms with van der Waals surface area (Å²) >= 11 is 0. The molecule has 0 saturated heterocycles. The molecule has 0 aliphatic rings. The number of carbonyl (C=O) groups is 1. The third-order valence-corrected chi connectivity index (χ3v) is 4.13. The molecule has 1 heterocycles. The molecule has 3 aromatic rings. The largest absolute Gasteiger partial charge is 0.465 e. The van der Waals surface area contributed by atoms with E-state index in [1.54, 1.807) is 30.5 Å². The van der Waals surface area contributed by atoms with Crippen LogP contribution in [0.1, 0.15) is 27.0 Å². The maximum atomic E-state index is 11.7. The van der Waals surface area contributed by atoms with Gasteiger partial charge in [-0.1, -0.05) is 23.8 Å². The first-order chi connectivity index (χ1) is 13.0. The molecule has 138 valence electrons. The second kappa shape index (κ2) is 7.86. The number of hydrogen-bond donors (Lipinski definition) is 2. The van der Waals surface area contributed by atoms with E-state index in [4.69, 9.17) is 4.74 Å². The topological polar surface area (TPSA) is 76.1 Å². The van der Waals surface area contributed by atoms with Crippen molar-refractivity contribution in [3.05, 3.63) is 70.9 Å². The van der Waals surface area contributed by atoms with Crippen molar-refractivity contribution in [3.8, 4) is 0 Å². The summed E-state index contributed by atoms with van der Waals surface area (Å²) in [7, 11) is 1.36. The molecule has 27 heavy (non-hydrogen) atoms. The normalized spacial score (nSPS) is 10.4. The fourth-order valence-corrected chi connectivity index (χ4v) is 2.97. The van der Waals surface area contributed by atoms with E-state index in [9.17, 15) is 4.79 Å². The zero-order valence-electron chi connectivity index (χ0n) is 15.8. The van der Waals surface area contributed by atoms with Crippen molar-refractivity contribution >= 4 is 29.1 Å². The zero-order valence-corrected chi connectivity index (χ0v) is 15.8. The van der Waals surface area contributed by atoms with Crippen LogP contribution in [0.15, 0.2) is 48.7 Å². The van der Waals surface area contributed by atoms with Gasteiger partial charge in [0.1, 0.15) is 5.82 Å². The van der Waals surface area contributed by atoms with Gasteiger partial charge < -0.3 is 15.4 Å². The third-order valence-electron chi connectivity index (χ3n) is 4.13. The number of ether oxygens (including phenoxy) is 1. The van der Waals surface area contributed by atoms with Gasteiger partial charge >= 0.3 is 5.97 Å². The van der Waals surface area contributed by atoms with E-state index in [1.807, 2.05) is 6.07 Å². The Bertz CT molecular complexity index is 962. The number of nitrogens with one attached hydrogen (secondary N) is 2. The predicted molar refractivity (Wildman–Crippen MR) is 107 cm³/mol. The van der Waals surface area contributed by atoms with Crippen molar-refractivity contribution in [2.24, 2.45) is 0 Å². The van der Waals surface area contributed by atoms with Crippen LogP contribution in [-0.4, -0.2) is 23.0 Å². The van der Waals surface area contributed by atoms with Crippen LogP contribution in [0.25, 0.3) is 0 Å². The van der Waals surface area contributed by atoms with Crippen LogP contribution in [-0.2, 0) is 4.74 Å². The van der Waals surface area contributed by atoms with Crippen molar-refractivity contribution in [1.29, 1.82) is 0 Å². The quantitative estimate of drug-likeness (QED) is 0.642. The first-order valence-electron chi connectivity index (χ1n) is 8.59. The summed E-state index contributed by atoms with van der Waals surface area (Å²) in [5.41, 5.74) is 5.72. The van der Waals surface area contributed by atoms with Gasteiger partial charge in [0.25, 0.3) is 0 Å². The summed E-state index contributed by atoms with van der Waals surface area (Å²) in [6, 6.07) is 13.1. The van der Waals surface area contributed by atoms with Crippen molar-refractivity contribution in [2.45, 2.75) is 20.8 Å². The van der Waals surface area contributed by atoms with Gasteiger partial charge in [-0.2, -0.15) is 4.98 Å². The van der Waals surface area contributed by atoms with Gasteiger partial charge in [0.05, 0.1) is 12.7 Å². The predicted octanol–water partition coefficient (Wildman–Crippen LogP) is 4.68. The highest BCUT2D eigenvalue weighted by Crippen LogP contribution is 2.25. The molecule has 0 saturated carbocycles. The lowest BCUT2D eigenvalue weighted by molar-refractivity contribution is 0.0601. The van der Waals surface area contributed by atoms with Crippen molar-refractivity contribution in [3.63, 3.8) is 0 Å². The lowest BCUT2D eigenvalue weighted by atomic mass is 10.1. The molecule has 0 aliphatic heterocycles. The molecule has 1 aromatic heterocycles. The number of aryl methyl sites for hydroxylation is 3. The molecule has 0 fully saturated rings. The van der Waals surface area contributed by atoms with E-state index in [0.717, 1.165) is 22.5 Å². The number of methoxy groups -OCH3 is 1. The standard InChI is InChI=1S/C21H22N4O2/c1-13-10-14(2)19(15(3)11-13)25-21-22-9-8-18(24-21)23-17-7-5-6-16(12-17)20(26)27-4/h5-12H,1-4H3,(H2,22,23,24,25). The summed E-state index contributed by atoms with van der Waals surface area (Å²) in [6.07, 6.45) is 1.68. The number of anilines is 4. The van der Waals surface area contributed by atoms with Gasteiger partial charge in [-0.3, -0.25) is 0 Å². The van der Waals surface area contributed by atoms with E-state index < -0.39 is 0 Å². The molecule has 6 nitrogen and oxygen atoms in total. The molecule has 2 aromatic carbocycles. The molecule has 0 atom stereocenters. The fraction of sp³-hybridized carbons (Fsp3) is 0.190. The number of aromatic nitrogens is 2. The number of nitrogens with zero attached hydrogens (tertiary/aromatic N) is 2. The summed E-state index contributed by atoms with van der Waals surface area (Å²) in [5.74, 6) is 0.741. The van der Waals surface area contributed by atoms with Crippen molar-refractivity contribution in [1.82, 2.24) is 9.97 Å². The van der Waals surface area contributed by atoms with Crippen LogP contribution in [0.2, 0.25) is 0 Å².